The molecule has 2 heterocycles. The number of cyclic esters (lactones) is 1. The molecule has 2 aromatic carbocycles. The molecule has 2 atom stereocenters. The molecule has 2 aliphatic rings. The highest BCUT2D eigenvalue weighted by Crippen LogP contribution is 2.45. The molecule has 174 valence electrons. The number of carbonyl (C=O) groups is 3. The number of anilines is 1. The van der Waals surface area contributed by atoms with Crippen molar-refractivity contribution in [1.29, 1.82) is 0 Å². The Labute approximate surface area is 189 Å². The Bertz CT molecular complexity index is 1240. The smallest absolute Gasteiger partial charge is 0.344 e. The molecular formula is C21H21N3O8S. The molecule has 0 spiro atoms. The summed E-state index contributed by atoms with van der Waals surface area (Å²) in [6, 6.07) is 7.58. The molecular weight excluding hydrogens is 454 g/mol. The van der Waals surface area contributed by atoms with Crippen molar-refractivity contribution < 1.29 is 37.0 Å². The number of fused-ring (bicyclic) bond motifs is 1. The number of esters is 1. The highest BCUT2D eigenvalue weighted by Gasteiger charge is 2.47. The second-order valence-corrected chi connectivity index (χ2v) is 9.00. The van der Waals surface area contributed by atoms with E-state index in [-0.39, 0.29) is 35.0 Å². The number of nitrogens with one attached hydrogen (secondary N) is 1. The van der Waals surface area contributed by atoms with Gasteiger partial charge in [0.1, 0.15) is 11.6 Å². The highest BCUT2D eigenvalue weighted by atomic mass is 32.2. The molecule has 4 rings (SSSR count). The van der Waals surface area contributed by atoms with Gasteiger partial charge in [-0.3, -0.25) is 14.5 Å². The first-order valence-corrected chi connectivity index (χ1v) is 11.4. The number of hydrogen-bond donors (Lipinski definition) is 2. The van der Waals surface area contributed by atoms with E-state index >= 15 is 0 Å². The van der Waals surface area contributed by atoms with Crippen LogP contribution >= 0.6 is 0 Å². The first-order valence-electron chi connectivity index (χ1n) is 9.86. The number of likely N-dealkylation sites (tertiary alicyclic amines) is 1. The van der Waals surface area contributed by atoms with Crippen LogP contribution in [0.5, 0.6) is 11.5 Å². The van der Waals surface area contributed by atoms with Crippen LogP contribution in [0, 0.1) is 0 Å². The maximum absolute atomic E-state index is 13.0. The number of nitrogens with zero attached hydrogens (tertiary/aromatic N) is 1. The minimum Gasteiger partial charge on any atom is -0.493 e. The molecule has 1 saturated heterocycles. The van der Waals surface area contributed by atoms with Gasteiger partial charge in [0, 0.05) is 17.7 Å². The van der Waals surface area contributed by atoms with Gasteiger partial charge in [-0.2, -0.15) is 0 Å². The number of ether oxygens (including phenoxy) is 3. The highest BCUT2D eigenvalue weighted by molar-refractivity contribution is 7.89. The fraction of sp³-hybridized carbons (Fsp3) is 0.286. The average Bonchev–Trinajstić information content (AvgIpc) is 3.32. The third-order valence-electron chi connectivity index (χ3n) is 5.53. The first-order chi connectivity index (χ1) is 15.7. The van der Waals surface area contributed by atoms with Crippen molar-refractivity contribution in [3.8, 4) is 11.5 Å². The van der Waals surface area contributed by atoms with Crippen molar-refractivity contribution in [3.05, 3.63) is 47.5 Å². The van der Waals surface area contributed by atoms with E-state index in [0.29, 0.717) is 17.0 Å². The van der Waals surface area contributed by atoms with E-state index in [1.807, 2.05) is 0 Å². The number of methoxy groups -OCH3 is 2. The molecule has 11 nitrogen and oxygen atoms in total. The van der Waals surface area contributed by atoms with Crippen molar-refractivity contribution >= 4 is 33.5 Å². The van der Waals surface area contributed by atoms with Crippen molar-refractivity contribution in [1.82, 2.24) is 4.90 Å². The quantitative estimate of drug-likeness (QED) is 0.590. The van der Waals surface area contributed by atoms with Gasteiger partial charge in [0.15, 0.2) is 11.5 Å². The number of rotatable bonds is 6. The third-order valence-corrected chi connectivity index (χ3v) is 6.46. The summed E-state index contributed by atoms with van der Waals surface area (Å²) >= 11 is 0. The zero-order valence-corrected chi connectivity index (χ0v) is 18.5. The second-order valence-electron chi connectivity index (χ2n) is 7.44. The van der Waals surface area contributed by atoms with Gasteiger partial charge in [-0.05, 0) is 42.8 Å². The van der Waals surface area contributed by atoms with Crippen molar-refractivity contribution in [2.75, 3.05) is 19.5 Å². The Morgan fingerprint density at radius 3 is 2.42 bits per heavy atom. The van der Waals surface area contributed by atoms with E-state index < -0.39 is 34.2 Å². The number of nitrogens with two attached hydrogens (primary N) is 1. The fourth-order valence-corrected chi connectivity index (χ4v) is 4.51. The number of sulfonamides is 1. The van der Waals surface area contributed by atoms with Crippen molar-refractivity contribution in [3.63, 3.8) is 0 Å². The number of hydrogen-bond acceptors (Lipinski definition) is 8. The molecule has 2 aromatic rings. The van der Waals surface area contributed by atoms with Gasteiger partial charge in [-0.15, -0.1) is 0 Å². The van der Waals surface area contributed by atoms with Gasteiger partial charge in [0.05, 0.1) is 19.1 Å². The van der Waals surface area contributed by atoms with Crippen LogP contribution in [0.25, 0.3) is 0 Å². The normalized spacial score (nSPS) is 19.8. The van der Waals surface area contributed by atoms with Gasteiger partial charge < -0.3 is 19.5 Å². The Morgan fingerprint density at radius 1 is 1.12 bits per heavy atom. The molecule has 3 N–H and O–H groups in total. The average molecular weight is 475 g/mol. The van der Waals surface area contributed by atoms with Gasteiger partial charge in [0.25, 0.3) is 0 Å². The van der Waals surface area contributed by atoms with Crippen molar-refractivity contribution in [2.45, 2.75) is 30.0 Å². The van der Waals surface area contributed by atoms with E-state index in [0.717, 1.165) is 0 Å². The Hall–Kier alpha value is -3.64. The minimum absolute atomic E-state index is 0.0963. The summed E-state index contributed by atoms with van der Waals surface area (Å²) in [6.45, 7) is 0. The van der Waals surface area contributed by atoms with Crippen LogP contribution in [0.4, 0.5) is 5.69 Å². The molecule has 0 radical (unpaired) electrons. The summed E-state index contributed by atoms with van der Waals surface area (Å²) < 4.78 is 38.8. The lowest BCUT2D eigenvalue weighted by Crippen LogP contribution is -2.43. The molecule has 0 aromatic heterocycles. The summed E-state index contributed by atoms with van der Waals surface area (Å²) in [7, 11) is -1.05. The molecule has 2 amide bonds. The SMILES string of the molecule is COc1ccc2c(c1OC)C(=O)O[C@@H]2N1C(=O)CC[C@@H]1C(=O)Nc1ccc(S(N)(=O)=O)cc1. The van der Waals surface area contributed by atoms with Crippen LogP contribution < -0.4 is 19.9 Å². The molecule has 2 aliphatic heterocycles. The summed E-state index contributed by atoms with van der Waals surface area (Å²) in [5.41, 5.74) is 0.851. The molecule has 33 heavy (non-hydrogen) atoms. The standard InChI is InChI=1S/C21H21N3O8S/c1-30-15-9-7-13-17(18(15)31-2)21(27)32-20(13)24-14(8-10-16(24)25)19(26)23-11-3-5-12(6-4-11)33(22,28)29/h3-7,9,14,20H,8,10H2,1-2H3,(H,23,26)(H2,22,28,29)/t14-,20+/m1/s1. The van der Waals surface area contributed by atoms with E-state index in [2.05, 4.69) is 5.32 Å². The molecule has 0 unspecified atom stereocenters. The van der Waals surface area contributed by atoms with E-state index in [4.69, 9.17) is 19.3 Å². The van der Waals surface area contributed by atoms with Gasteiger partial charge in [-0.25, -0.2) is 18.4 Å². The van der Waals surface area contributed by atoms with Crippen LogP contribution in [-0.4, -0.2) is 51.4 Å². The van der Waals surface area contributed by atoms with Gasteiger partial charge in [0.2, 0.25) is 28.1 Å². The Kier molecular flexibility index (Phi) is 5.72. The van der Waals surface area contributed by atoms with Crippen LogP contribution in [0.2, 0.25) is 0 Å². The lowest BCUT2D eigenvalue weighted by Gasteiger charge is -2.29. The molecule has 12 heteroatoms. The zero-order valence-electron chi connectivity index (χ0n) is 17.7. The molecule has 0 bridgehead atoms. The van der Waals surface area contributed by atoms with E-state index in [1.165, 1.54) is 43.4 Å². The zero-order chi connectivity index (χ0) is 23.9. The Balaban J connectivity index is 1.61. The predicted molar refractivity (Wildman–Crippen MR) is 114 cm³/mol. The summed E-state index contributed by atoms with van der Waals surface area (Å²) in [5, 5.41) is 7.74. The monoisotopic (exact) mass is 475 g/mol. The molecule has 0 aliphatic carbocycles. The third kappa shape index (κ3) is 3.98. The first kappa shape index (κ1) is 22.6. The van der Waals surface area contributed by atoms with Gasteiger partial charge >= 0.3 is 5.97 Å². The fourth-order valence-electron chi connectivity index (χ4n) is 4.00. The lowest BCUT2D eigenvalue weighted by atomic mass is 10.1. The van der Waals surface area contributed by atoms with Crippen LogP contribution in [0.15, 0.2) is 41.3 Å². The predicted octanol–water partition coefficient (Wildman–Crippen LogP) is 1.15. The summed E-state index contributed by atoms with van der Waals surface area (Å²) in [5.74, 6) is -1.03. The van der Waals surface area contributed by atoms with E-state index in [1.54, 1.807) is 12.1 Å². The molecule has 0 saturated carbocycles. The number of primary sulfonamides is 1. The maximum atomic E-state index is 13.0. The second kappa shape index (κ2) is 8.37. The van der Waals surface area contributed by atoms with Crippen molar-refractivity contribution in [2.24, 2.45) is 5.14 Å². The van der Waals surface area contributed by atoms with Crippen LogP contribution in [0.3, 0.4) is 0 Å². The lowest BCUT2D eigenvalue weighted by molar-refractivity contribution is -0.144. The number of carbonyl (C=O) groups excluding carboxylic acids is 3. The summed E-state index contributed by atoms with van der Waals surface area (Å²) in [6.07, 6.45) is -0.779. The number of benzene rings is 2. The summed E-state index contributed by atoms with van der Waals surface area (Å²) in [4.78, 5) is 39.4. The van der Waals surface area contributed by atoms with Gasteiger partial charge in [-0.1, -0.05) is 0 Å². The Morgan fingerprint density at radius 2 is 1.82 bits per heavy atom. The maximum Gasteiger partial charge on any atom is 0.344 e. The van der Waals surface area contributed by atoms with Crippen LogP contribution in [-0.2, 0) is 24.3 Å². The molecule has 1 fully saturated rings. The largest absolute Gasteiger partial charge is 0.493 e. The number of amides is 2. The van der Waals surface area contributed by atoms with Crippen LogP contribution in [0.1, 0.15) is 35.0 Å². The topological polar surface area (TPSA) is 154 Å². The minimum atomic E-state index is -3.87. The van der Waals surface area contributed by atoms with E-state index in [9.17, 15) is 22.8 Å².